The van der Waals surface area contributed by atoms with Crippen LogP contribution in [-0.4, -0.2) is 21.0 Å². The summed E-state index contributed by atoms with van der Waals surface area (Å²) >= 11 is 0. The summed E-state index contributed by atoms with van der Waals surface area (Å²) in [5, 5.41) is 0. The molecule has 6 heavy (non-hydrogen) atoms. The van der Waals surface area contributed by atoms with Gasteiger partial charge in [-0.15, -0.1) is 0 Å². The Morgan fingerprint density at radius 1 is 1.33 bits per heavy atom. The van der Waals surface area contributed by atoms with Crippen molar-refractivity contribution in [1.82, 2.24) is 0 Å². The number of nitrogens with two attached hydrogens (primary N) is 1. The van der Waals surface area contributed by atoms with Crippen LogP contribution in [0.2, 0.25) is 0 Å². The summed E-state index contributed by atoms with van der Waals surface area (Å²) in [7, 11) is -3.85. The normalized spacial score (nSPS) is 14.7. The van der Waals surface area contributed by atoms with Gasteiger partial charge in [-0.2, -0.15) is 0 Å². The quantitative estimate of drug-likeness (QED) is 0.307. The van der Waals surface area contributed by atoms with Crippen LogP contribution in [0.1, 0.15) is 0 Å². The van der Waals surface area contributed by atoms with Gasteiger partial charge in [-0.1, -0.05) is 0 Å². The van der Waals surface area contributed by atoms with Crippen LogP contribution >= 0.6 is 7.94 Å². The summed E-state index contributed by atoms with van der Waals surface area (Å²) in [6.07, 6.45) is -0.424. The topological polar surface area (TPSA) is 86.7 Å². The molecular formula is CH8NO3P. The van der Waals surface area contributed by atoms with E-state index in [1.54, 1.807) is 0 Å². The minimum atomic E-state index is -3.85. The first-order valence-electron chi connectivity index (χ1n) is 1.43. The van der Waals surface area contributed by atoms with Crippen molar-refractivity contribution < 1.29 is 14.7 Å². The second-order valence-corrected chi connectivity index (χ2v) is 2.94. The minimum absolute atomic E-state index is 0.424. The van der Waals surface area contributed by atoms with Crippen molar-refractivity contribution in [1.29, 1.82) is 0 Å². The third-order valence-electron chi connectivity index (χ3n) is 0.274. The van der Waals surface area contributed by atoms with Crippen molar-refractivity contribution in [2.45, 2.75) is 0 Å². The van der Waals surface area contributed by atoms with Crippen LogP contribution in [0.3, 0.4) is 0 Å². The molecule has 0 aromatic carbocycles. The zero-order valence-corrected chi connectivity index (χ0v) is 4.13. The van der Waals surface area contributed by atoms with E-state index in [1.807, 2.05) is 0 Å². The van der Waals surface area contributed by atoms with Crippen molar-refractivity contribution in [3.05, 3.63) is 0 Å². The Hall–Kier alpha value is 0.270. The summed E-state index contributed by atoms with van der Waals surface area (Å²) in [4.78, 5) is 23.9. The fourth-order valence-electron chi connectivity index (χ4n) is 0. The van der Waals surface area contributed by atoms with E-state index in [-0.39, 0.29) is 0 Å². The molecule has 0 spiro atoms. The molecule has 0 saturated heterocycles. The van der Waals surface area contributed by atoms with Gasteiger partial charge in [-0.05, 0) is 0 Å². The summed E-state index contributed by atoms with van der Waals surface area (Å²) in [5.41, 5.74) is 4.62. The van der Waals surface area contributed by atoms with Crippen LogP contribution < -0.4 is 5.73 Å². The van der Waals surface area contributed by atoms with E-state index in [4.69, 9.17) is 14.7 Å². The van der Waals surface area contributed by atoms with Crippen molar-refractivity contribution in [3.63, 3.8) is 0 Å². The van der Waals surface area contributed by atoms with Crippen molar-refractivity contribution >= 4 is 7.94 Å². The molecule has 0 aromatic rings. The number of hydrogen-bond donors (Lipinski definition) is 4. The van der Waals surface area contributed by atoms with Gasteiger partial charge in [0, 0.05) is 0 Å². The summed E-state index contributed by atoms with van der Waals surface area (Å²) in [6, 6.07) is 0. The molecule has 0 heterocycles. The van der Waals surface area contributed by atoms with Gasteiger partial charge >= 0.3 is 34.6 Å². The van der Waals surface area contributed by atoms with Crippen molar-refractivity contribution in [2.75, 3.05) is 6.29 Å². The molecule has 4 nitrogen and oxygen atoms in total. The standard InChI is InChI=1S/CH8NO3P/c2-1-6(3,4)5/h3-6H,1-2H2. The van der Waals surface area contributed by atoms with Crippen LogP contribution in [0.5, 0.6) is 0 Å². The van der Waals surface area contributed by atoms with Crippen LogP contribution in [-0.2, 0) is 0 Å². The molecule has 5 N–H and O–H groups in total. The number of rotatable bonds is 1. The predicted octanol–water partition coefficient (Wildman–Crippen LogP) is -1.63. The Kier molecular flexibility index (Phi) is 1.90. The fourth-order valence-corrected chi connectivity index (χ4v) is 0. The Bertz CT molecular complexity index is 40.5. The van der Waals surface area contributed by atoms with E-state index in [0.717, 1.165) is 0 Å². The first-order chi connectivity index (χ1) is 2.56. The van der Waals surface area contributed by atoms with E-state index in [9.17, 15) is 0 Å². The van der Waals surface area contributed by atoms with Gasteiger partial charge < -0.3 is 0 Å². The van der Waals surface area contributed by atoms with E-state index < -0.39 is 14.2 Å². The van der Waals surface area contributed by atoms with Gasteiger partial charge in [0.1, 0.15) is 0 Å². The van der Waals surface area contributed by atoms with Gasteiger partial charge in [0.15, 0.2) is 0 Å². The second kappa shape index (κ2) is 1.82. The molecule has 0 unspecified atom stereocenters. The summed E-state index contributed by atoms with van der Waals surface area (Å²) in [6.45, 7) is 0. The van der Waals surface area contributed by atoms with E-state index >= 15 is 0 Å². The zero-order valence-electron chi connectivity index (χ0n) is 3.13. The van der Waals surface area contributed by atoms with E-state index in [1.165, 1.54) is 0 Å². The summed E-state index contributed by atoms with van der Waals surface area (Å²) < 4.78 is 0. The predicted molar refractivity (Wildman–Crippen MR) is 24.0 cm³/mol. The number of hydrogen-bond acceptors (Lipinski definition) is 4. The van der Waals surface area contributed by atoms with Crippen LogP contribution in [0.4, 0.5) is 0 Å². The third-order valence-corrected chi connectivity index (χ3v) is 0.822. The molecular weight excluding hydrogens is 105 g/mol. The van der Waals surface area contributed by atoms with Crippen LogP contribution in [0.15, 0.2) is 0 Å². The maximum atomic E-state index is 7.95. The van der Waals surface area contributed by atoms with Crippen LogP contribution in [0.25, 0.3) is 0 Å². The zero-order chi connectivity index (χ0) is 5.21. The second-order valence-electron chi connectivity index (χ2n) is 0.978. The average Bonchev–Trinajstić information content (AvgIpc) is 1.35. The molecule has 0 radical (unpaired) electrons. The molecule has 0 bridgehead atoms. The first-order valence-corrected chi connectivity index (χ1v) is 3.48. The molecule has 0 aliphatic carbocycles. The molecule has 0 fully saturated rings. The first kappa shape index (κ1) is 6.27. The fraction of sp³-hybridized carbons (Fsp3) is 1.00. The van der Waals surface area contributed by atoms with Gasteiger partial charge in [-0.25, -0.2) is 0 Å². The summed E-state index contributed by atoms with van der Waals surface area (Å²) in [5.74, 6) is 0. The molecule has 0 aromatic heterocycles. The Labute approximate surface area is 35.8 Å². The Balaban J connectivity index is 3.17. The SMILES string of the molecule is NC[PH](O)(O)O. The monoisotopic (exact) mass is 113 g/mol. The molecule has 40 valence electrons. The van der Waals surface area contributed by atoms with Gasteiger partial charge in [0.05, 0.1) is 0 Å². The maximum absolute atomic E-state index is 7.95. The molecule has 0 atom stereocenters. The van der Waals surface area contributed by atoms with Crippen molar-refractivity contribution in [3.8, 4) is 0 Å². The molecule has 5 heteroatoms. The molecule has 0 saturated carbocycles. The average molecular weight is 113 g/mol. The van der Waals surface area contributed by atoms with Gasteiger partial charge in [0.2, 0.25) is 0 Å². The van der Waals surface area contributed by atoms with E-state index in [2.05, 4.69) is 5.73 Å². The third kappa shape index (κ3) is 4.27. The van der Waals surface area contributed by atoms with Crippen molar-refractivity contribution in [2.24, 2.45) is 5.73 Å². The Morgan fingerprint density at radius 3 is 1.50 bits per heavy atom. The molecule has 0 amide bonds. The van der Waals surface area contributed by atoms with Gasteiger partial charge in [0.25, 0.3) is 0 Å². The molecule has 0 aliphatic heterocycles. The Morgan fingerprint density at radius 2 is 1.50 bits per heavy atom. The van der Waals surface area contributed by atoms with Gasteiger partial charge in [-0.3, -0.25) is 0 Å². The van der Waals surface area contributed by atoms with Crippen LogP contribution in [0, 0.1) is 0 Å². The van der Waals surface area contributed by atoms with E-state index in [0.29, 0.717) is 0 Å². The molecule has 0 rings (SSSR count). The molecule has 0 aliphatic rings.